The summed E-state index contributed by atoms with van der Waals surface area (Å²) in [5.74, 6) is -0.260. The Labute approximate surface area is 107 Å². The molecule has 4 nitrogen and oxygen atoms in total. The average molecular weight is 332 g/mol. The van der Waals surface area contributed by atoms with Gasteiger partial charge in [-0.15, -0.1) is 0 Å². The first-order valence-corrected chi connectivity index (χ1v) is 6.36. The van der Waals surface area contributed by atoms with Gasteiger partial charge in [-0.1, -0.05) is 0 Å². The quantitative estimate of drug-likeness (QED) is 0.808. The predicted molar refractivity (Wildman–Crippen MR) is 69.6 cm³/mol. The Morgan fingerprint density at radius 1 is 1.56 bits per heavy atom. The molecule has 0 unspecified atom stereocenters. The molecule has 2 rings (SSSR count). The van der Waals surface area contributed by atoms with Crippen LogP contribution in [0.1, 0.15) is 35.3 Å². The predicted octanol–water partition coefficient (Wildman–Crippen LogP) is 1.57. The summed E-state index contributed by atoms with van der Waals surface area (Å²) in [5, 5.41) is 2.86. The van der Waals surface area contributed by atoms with Crippen LogP contribution in [0.2, 0.25) is 0 Å². The summed E-state index contributed by atoms with van der Waals surface area (Å²) < 4.78 is 0.899. The van der Waals surface area contributed by atoms with Gasteiger partial charge in [-0.2, -0.15) is 0 Å². The first kappa shape index (κ1) is 11.6. The molecule has 0 bridgehead atoms. The van der Waals surface area contributed by atoms with Crippen LogP contribution in [-0.4, -0.2) is 16.9 Å². The lowest BCUT2D eigenvalue weighted by Crippen LogP contribution is -2.41. The van der Waals surface area contributed by atoms with Gasteiger partial charge < -0.3 is 10.3 Å². The lowest BCUT2D eigenvalue weighted by Gasteiger charge is -2.26. The zero-order valence-electron chi connectivity index (χ0n) is 8.97. The number of pyridine rings is 1. The molecule has 1 aromatic rings. The molecule has 0 spiro atoms. The molecule has 5 heteroatoms. The van der Waals surface area contributed by atoms with Crippen molar-refractivity contribution in [3.05, 3.63) is 31.2 Å². The number of carbonyl (C=O) groups is 1. The molecular weight excluding hydrogens is 319 g/mol. The van der Waals surface area contributed by atoms with Gasteiger partial charge in [0.2, 0.25) is 0 Å². The highest BCUT2D eigenvalue weighted by Crippen LogP contribution is 2.18. The number of H-pyrrole nitrogens is 1. The van der Waals surface area contributed by atoms with Crippen molar-refractivity contribution < 1.29 is 4.79 Å². The molecule has 0 atom stereocenters. The molecule has 16 heavy (non-hydrogen) atoms. The van der Waals surface area contributed by atoms with Crippen LogP contribution in [0.25, 0.3) is 0 Å². The van der Waals surface area contributed by atoms with Crippen molar-refractivity contribution in [3.63, 3.8) is 0 Å². The summed E-state index contributed by atoms with van der Waals surface area (Å²) in [5.41, 5.74) is 0.697. The van der Waals surface area contributed by atoms with Crippen molar-refractivity contribution in [2.45, 2.75) is 32.2 Å². The van der Waals surface area contributed by atoms with E-state index in [9.17, 15) is 9.59 Å². The third-order valence-electron chi connectivity index (χ3n) is 2.86. The molecule has 1 amide bonds. The number of carbonyl (C=O) groups excluding carboxylic acids is 1. The molecule has 1 aliphatic carbocycles. The van der Waals surface area contributed by atoms with Gasteiger partial charge >= 0.3 is 0 Å². The maximum absolute atomic E-state index is 11.8. The Morgan fingerprint density at radius 3 is 2.81 bits per heavy atom. The molecule has 1 saturated carbocycles. The van der Waals surface area contributed by atoms with Crippen molar-refractivity contribution in [3.8, 4) is 0 Å². The van der Waals surface area contributed by atoms with E-state index < -0.39 is 0 Å². The van der Waals surface area contributed by atoms with Gasteiger partial charge in [0.15, 0.2) is 0 Å². The van der Waals surface area contributed by atoms with Crippen LogP contribution in [0.3, 0.4) is 0 Å². The molecular formula is C11H13IN2O2. The largest absolute Gasteiger partial charge is 0.349 e. The molecule has 0 aromatic carbocycles. The van der Waals surface area contributed by atoms with Crippen molar-refractivity contribution in [2.24, 2.45) is 0 Å². The lowest BCUT2D eigenvalue weighted by molar-refractivity contribution is 0.0915. The Balaban J connectivity index is 2.22. The van der Waals surface area contributed by atoms with E-state index in [0.29, 0.717) is 0 Å². The fourth-order valence-electron chi connectivity index (χ4n) is 1.58. The SMILES string of the molecule is Cc1[nH]c(=O)c(C(=O)NC2CCC2)cc1I. The van der Waals surface area contributed by atoms with Crippen LogP contribution >= 0.6 is 22.6 Å². The summed E-state index contributed by atoms with van der Waals surface area (Å²) >= 11 is 2.11. The minimum atomic E-state index is -0.310. The van der Waals surface area contributed by atoms with E-state index >= 15 is 0 Å². The van der Waals surface area contributed by atoms with Gasteiger partial charge in [-0.25, -0.2) is 0 Å². The monoisotopic (exact) mass is 332 g/mol. The molecule has 0 radical (unpaired) electrons. The summed E-state index contributed by atoms with van der Waals surface area (Å²) in [6.07, 6.45) is 3.20. The van der Waals surface area contributed by atoms with Crippen molar-refractivity contribution >= 4 is 28.5 Å². The number of hydrogen-bond donors (Lipinski definition) is 2. The third-order valence-corrected chi connectivity index (χ3v) is 3.98. The number of halogens is 1. The van der Waals surface area contributed by atoms with Gasteiger partial charge in [-0.3, -0.25) is 9.59 Å². The highest BCUT2D eigenvalue weighted by molar-refractivity contribution is 14.1. The van der Waals surface area contributed by atoms with Crippen LogP contribution in [0.4, 0.5) is 0 Å². The van der Waals surface area contributed by atoms with E-state index in [2.05, 4.69) is 32.9 Å². The summed E-state index contributed by atoms with van der Waals surface area (Å²) in [7, 11) is 0. The number of aromatic nitrogens is 1. The lowest BCUT2D eigenvalue weighted by atomic mass is 9.93. The topological polar surface area (TPSA) is 62.0 Å². The minimum absolute atomic E-state index is 0.210. The highest BCUT2D eigenvalue weighted by Gasteiger charge is 2.21. The van der Waals surface area contributed by atoms with Gasteiger partial charge in [-0.05, 0) is 54.8 Å². The highest BCUT2D eigenvalue weighted by atomic mass is 127. The molecule has 1 fully saturated rings. The van der Waals surface area contributed by atoms with E-state index in [1.807, 2.05) is 6.92 Å². The van der Waals surface area contributed by atoms with Crippen LogP contribution in [0.15, 0.2) is 10.9 Å². The van der Waals surface area contributed by atoms with Crippen molar-refractivity contribution in [1.29, 1.82) is 0 Å². The molecule has 1 heterocycles. The van der Waals surface area contributed by atoms with E-state index in [-0.39, 0.29) is 23.1 Å². The van der Waals surface area contributed by atoms with Crippen LogP contribution in [0.5, 0.6) is 0 Å². The number of rotatable bonds is 2. The molecule has 86 valence electrons. The number of hydrogen-bond acceptors (Lipinski definition) is 2. The number of aryl methyl sites for hydroxylation is 1. The zero-order valence-corrected chi connectivity index (χ0v) is 11.1. The first-order valence-electron chi connectivity index (χ1n) is 5.28. The molecule has 1 aliphatic rings. The normalized spacial score (nSPS) is 15.6. The second kappa shape index (κ2) is 4.57. The van der Waals surface area contributed by atoms with Crippen molar-refractivity contribution in [1.82, 2.24) is 10.3 Å². The third kappa shape index (κ3) is 2.28. The fourth-order valence-corrected chi connectivity index (χ4v) is 2.03. The Morgan fingerprint density at radius 2 is 2.25 bits per heavy atom. The molecule has 0 saturated heterocycles. The number of aromatic amines is 1. The fraction of sp³-hybridized carbons (Fsp3) is 0.455. The van der Waals surface area contributed by atoms with Gasteiger partial charge in [0.25, 0.3) is 11.5 Å². The zero-order chi connectivity index (χ0) is 11.7. The Hall–Kier alpha value is -0.850. The van der Waals surface area contributed by atoms with Crippen LogP contribution < -0.4 is 10.9 Å². The second-order valence-corrected chi connectivity index (χ2v) is 5.25. The van der Waals surface area contributed by atoms with Crippen LogP contribution in [-0.2, 0) is 0 Å². The van der Waals surface area contributed by atoms with Gasteiger partial charge in [0.05, 0.1) is 0 Å². The average Bonchev–Trinajstić information content (AvgIpc) is 2.17. The smallest absolute Gasteiger partial charge is 0.261 e. The Bertz CT molecular complexity index is 477. The van der Waals surface area contributed by atoms with Crippen LogP contribution in [0, 0.1) is 10.5 Å². The summed E-state index contributed by atoms with van der Waals surface area (Å²) in [4.78, 5) is 26.1. The molecule has 1 aromatic heterocycles. The van der Waals surface area contributed by atoms with Crippen molar-refractivity contribution in [2.75, 3.05) is 0 Å². The number of amides is 1. The maximum atomic E-state index is 11.8. The van der Waals surface area contributed by atoms with E-state index in [0.717, 1.165) is 28.5 Å². The summed E-state index contributed by atoms with van der Waals surface area (Å²) in [6, 6.07) is 1.90. The van der Waals surface area contributed by atoms with E-state index in [1.54, 1.807) is 6.07 Å². The maximum Gasteiger partial charge on any atom is 0.261 e. The second-order valence-electron chi connectivity index (χ2n) is 4.09. The van der Waals surface area contributed by atoms with Gasteiger partial charge in [0.1, 0.15) is 5.56 Å². The number of nitrogens with one attached hydrogen (secondary N) is 2. The Kier molecular flexibility index (Phi) is 3.32. The summed E-state index contributed by atoms with van der Waals surface area (Å²) in [6.45, 7) is 1.82. The first-order chi connectivity index (χ1) is 7.58. The van der Waals surface area contributed by atoms with E-state index in [1.165, 1.54) is 0 Å². The molecule has 2 N–H and O–H groups in total. The standard InChI is InChI=1S/C11H13IN2O2/c1-6-9(12)5-8(10(15)13-6)11(16)14-7-3-2-4-7/h5,7H,2-4H2,1H3,(H,13,15)(H,14,16). The van der Waals surface area contributed by atoms with Gasteiger partial charge in [0, 0.05) is 15.3 Å². The van der Waals surface area contributed by atoms with E-state index in [4.69, 9.17) is 0 Å². The molecule has 0 aliphatic heterocycles. The minimum Gasteiger partial charge on any atom is -0.349 e.